The summed E-state index contributed by atoms with van der Waals surface area (Å²) in [5.41, 5.74) is -0.731. The van der Waals surface area contributed by atoms with Gasteiger partial charge in [0.2, 0.25) is 0 Å². The first kappa shape index (κ1) is 11.3. The molecule has 1 rings (SSSR count). The number of aliphatic hydroxyl groups is 1. The lowest BCUT2D eigenvalue weighted by Gasteiger charge is -2.07. The van der Waals surface area contributed by atoms with Crippen LogP contribution in [0.5, 0.6) is 0 Å². The van der Waals surface area contributed by atoms with Gasteiger partial charge in [0.15, 0.2) is 5.82 Å². The number of halogens is 4. The summed E-state index contributed by atoms with van der Waals surface area (Å²) in [4.78, 5) is 3.34. The highest BCUT2D eigenvalue weighted by atomic mass is 35.5. The van der Waals surface area contributed by atoms with E-state index >= 15 is 0 Å². The van der Waals surface area contributed by atoms with E-state index in [1.807, 2.05) is 0 Å². The molecule has 0 unspecified atom stereocenters. The largest absolute Gasteiger partial charge is 0.392 e. The molecule has 0 spiro atoms. The zero-order chi connectivity index (χ0) is 10.7. The van der Waals surface area contributed by atoms with Crippen molar-refractivity contribution in [3.63, 3.8) is 0 Å². The second-order valence-corrected chi connectivity index (χ2v) is 2.82. The number of hydrogen-bond donors (Lipinski definition) is 1. The monoisotopic (exact) mass is 225 g/mol. The SMILES string of the molecule is OCc1cc(F)c(C(F)F)nc1CCl. The van der Waals surface area contributed by atoms with Crippen molar-refractivity contribution < 1.29 is 18.3 Å². The molecule has 0 aromatic carbocycles. The minimum Gasteiger partial charge on any atom is -0.392 e. The average molecular weight is 226 g/mol. The molecule has 0 fully saturated rings. The second kappa shape index (κ2) is 4.61. The molecular formula is C8H7ClF3NO. The molecule has 6 heteroatoms. The summed E-state index contributed by atoms with van der Waals surface area (Å²) in [5, 5.41) is 8.75. The van der Waals surface area contributed by atoms with E-state index in [1.165, 1.54) is 0 Å². The molecule has 0 aliphatic rings. The summed E-state index contributed by atoms with van der Waals surface area (Å²) in [7, 11) is 0. The molecule has 0 bridgehead atoms. The number of alkyl halides is 3. The van der Waals surface area contributed by atoms with Crippen LogP contribution >= 0.6 is 11.6 Å². The first-order chi connectivity index (χ1) is 6.60. The fourth-order valence-corrected chi connectivity index (χ4v) is 1.22. The predicted octanol–water partition coefficient (Wildman–Crippen LogP) is 2.39. The second-order valence-electron chi connectivity index (χ2n) is 2.55. The summed E-state index contributed by atoms with van der Waals surface area (Å²) in [5.74, 6) is -1.27. The first-order valence-electron chi connectivity index (χ1n) is 3.73. The van der Waals surface area contributed by atoms with Crippen LogP contribution in [-0.4, -0.2) is 10.1 Å². The van der Waals surface area contributed by atoms with Crippen LogP contribution in [-0.2, 0) is 12.5 Å². The standard InChI is InChI=1S/C8H7ClF3NO/c9-2-6-4(3-14)1-5(10)7(13-6)8(11)12/h1,8,14H,2-3H2. The van der Waals surface area contributed by atoms with E-state index in [0.29, 0.717) is 0 Å². The highest BCUT2D eigenvalue weighted by molar-refractivity contribution is 6.17. The maximum absolute atomic E-state index is 12.9. The van der Waals surface area contributed by atoms with E-state index in [1.54, 1.807) is 0 Å². The van der Waals surface area contributed by atoms with Crippen molar-refractivity contribution in [2.75, 3.05) is 0 Å². The summed E-state index contributed by atoms with van der Waals surface area (Å²) in [6, 6.07) is 0.826. The number of pyridine rings is 1. The Morgan fingerprint density at radius 3 is 2.57 bits per heavy atom. The van der Waals surface area contributed by atoms with Crippen molar-refractivity contribution in [2.45, 2.75) is 18.9 Å². The van der Waals surface area contributed by atoms with Crippen LogP contribution in [0.4, 0.5) is 13.2 Å². The third kappa shape index (κ3) is 2.16. The molecule has 0 amide bonds. The lowest BCUT2D eigenvalue weighted by Crippen LogP contribution is -2.04. The molecule has 2 nitrogen and oxygen atoms in total. The van der Waals surface area contributed by atoms with Crippen LogP contribution in [0.1, 0.15) is 23.4 Å². The molecule has 14 heavy (non-hydrogen) atoms. The van der Waals surface area contributed by atoms with Gasteiger partial charge in [-0.25, -0.2) is 18.2 Å². The number of rotatable bonds is 3. The molecule has 0 aliphatic carbocycles. The molecule has 0 aliphatic heterocycles. The normalized spacial score (nSPS) is 11.0. The van der Waals surface area contributed by atoms with E-state index < -0.39 is 24.5 Å². The Labute approximate surface area is 83.3 Å². The average Bonchev–Trinajstić information content (AvgIpc) is 2.16. The van der Waals surface area contributed by atoms with Crippen LogP contribution in [0.15, 0.2) is 6.07 Å². The van der Waals surface area contributed by atoms with Gasteiger partial charge >= 0.3 is 0 Å². The van der Waals surface area contributed by atoms with Gasteiger partial charge in [-0.1, -0.05) is 0 Å². The Morgan fingerprint density at radius 2 is 2.14 bits per heavy atom. The van der Waals surface area contributed by atoms with Gasteiger partial charge in [-0.3, -0.25) is 0 Å². The summed E-state index contributed by atoms with van der Waals surface area (Å²) in [6.45, 7) is -0.477. The Balaban J connectivity index is 3.23. The van der Waals surface area contributed by atoms with Crippen LogP contribution < -0.4 is 0 Å². The Kier molecular flexibility index (Phi) is 3.71. The van der Waals surface area contributed by atoms with Gasteiger partial charge in [-0.15, -0.1) is 11.6 Å². The fraction of sp³-hybridized carbons (Fsp3) is 0.375. The Hall–Kier alpha value is -0.810. The van der Waals surface area contributed by atoms with Gasteiger partial charge in [-0.05, 0) is 6.07 Å². The molecule has 0 saturated heterocycles. The van der Waals surface area contributed by atoms with E-state index in [4.69, 9.17) is 16.7 Å². The van der Waals surface area contributed by atoms with Crippen molar-refractivity contribution in [1.29, 1.82) is 0 Å². The van der Waals surface area contributed by atoms with Gasteiger partial charge in [-0.2, -0.15) is 0 Å². The molecule has 0 saturated carbocycles. The first-order valence-corrected chi connectivity index (χ1v) is 4.26. The van der Waals surface area contributed by atoms with Gasteiger partial charge in [0.25, 0.3) is 6.43 Å². The highest BCUT2D eigenvalue weighted by Crippen LogP contribution is 2.22. The Bertz CT molecular complexity index is 333. The summed E-state index contributed by atoms with van der Waals surface area (Å²) in [6.07, 6.45) is -2.98. The third-order valence-corrected chi connectivity index (χ3v) is 1.93. The molecule has 1 heterocycles. The third-order valence-electron chi connectivity index (χ3n) is 1.68. The quantitative estimate of drug-likeness (QED) is 0.802. The maximum atomic E-state index is 12.9. The van der Waals surface area contributed by atoms with Crippen molar-refractivity contribution >= 4 is 11.6 Å². The molecule has 0 atom stereocenters. The van der Waals surface area contributed by atoms with Gasteiger partial charge in [0.05, 0.1) is 18.2 Å². The molecule has 1 aromatic heterocycles. The molecule has 1 N–H and O–H groups in total. The zero-order valence-electron chi connectivity index (χ0n) is 6.98. The van der Waals surface area contributed by atoms with E-state index in [0.717, 1.165) is 6.07 Å². The van der Waals surface area contributed by atoms with Gasteiger partial charge < -0.3 is 5.11 Å². The van der Waals surface area contributed by atoms with Crippen LogP contribution in [0, 0.1) is 5.82 Å². The molecule has 0 radical (unpaired) electrons. The van der Waals surface area contributed by atoms with Crippen LogP contribution in [0.2, 0.25) is 0 Å². The molecular weight excluding hydrogens is 219 g/mol. The number of aliphatic hydroxyl groups excluding tert-OH is 1. The van der Waals surface area contributed by atoms with E-state index in [2.05, 4.69) is 4.98 Å². The summed E-state index contributed by atoms with van der Waals surface area (Å²) < 4.78 is 37.3. The zero-order valence-corrected chi connectivity index (χ0v) is 7.73. The minimum atomic E-state index is -2.98. The smallest absolute Gasteiger partial charge is 0.283 e. The highest BCUT2D eigenvalue weighted by Gasteiger charge is 2.18. The lowest BCUT2D eigenvalue weighted by molar-refractivity contribution is 0.140. The van der Waals surface area contributed by atoms with Crippen molar-refractivity contribution in [2.24, 2.45) is 0 Å². The fourth-order valence-electron chi connectivity index (χ4n) is 0.986. The summed E-state index contributed by atoms with van der Waals surface area (Å²) >= 11 is 5.40. The maximum Gasteiger partial charge on any atom is 0.283 e. The number of aromatic nitrogens is 1. The lowest BCUT2D eigenvalue weighted by atomic mass is 10.2. The molecule has 78 valence electrons. The minimum absolute atomic E-state index is 0.0749. The topological polar surface area (TPSA) is 33.1 Å². The van der Waals surface area contributed by atoms with E-state index in [9.17, 15) is 13.2 Å². The number of hydrogen-bond acceptors (Lipinski definition) is 2. The van der Waals surface area contributed by atoms with Crippen molar-refractivity contribution in [3.05, 3.63) is 28.8 Å². The Morgan fingerprint density at radius 1 is 1.50 bits per heavy atom. The van der Waals surface area contributed by atoms with Crippen LogP contribution in [0.3, 0.4) is 0 Å². The van der Waals surface area contributed by atoms with Gasteiger partial charge in [0, 0.05) is 5.56 Å². The number of nitrogens with zero attached hydrogens (tertiary/aromatic N) is 1. The van der Waals surface area contributed by atoms with Gasteiger partial charge in [0.1, 0.15) is 5.69 Å². The van der Waals surface area contributed by atoms with Crippen LogP contribution in [0.25, 0.3) is 0 Å². The predicted molar refractivity (Wildman–Crippen MR) is 44.6 cm³/mol. The molecule has 1 aromatic rings. The van der Waals surface area contributed by atoms with E-state index in [-0.39, 0.29) is 17.1 Å². The van der Waals surface area contributed by atoms with Crippen molar-refractivity contribution in [3.8, 4) is 0 Å². The van der Waals surface area contributed by atoms with Crippen molar-refractivity contribution in [1.82, 2.24) is 4.98 Å².